The Morgan fingerprint density at radius 2 is 1.71 bits per heavy atom. The number of hydrogen-bond acceptors (Lipinski definition) is 2. The van der Waals surface area contributed by atoms with E-state index in [4.69, 9.17) is 4.74 Å². The van der Waals surface area contributed by atoms with Crippen LogP contribution >= 0.6 is 0 Å². The van der Waals surface area contributed by atoms with E-state index in [1.165, 1.54) is 5.56 Å². The molecule has 0 bridgehead atoms. The van der Waals surface area contributed by atoms with Crippen molar-refractivity contribution in [1.29, 1.82) is 0 Å². The first-order chi connectivity index (χ1) is 10.2. The molecule has 2 heteroatoms. The van der Waals surface area contributed by atoms with Gasteiger partial charge >= 0.3 is 0 Å². The van der Waals surface area contributed by atoms with Crippen molar-refractivity contribution in [2.75, 3.05) is 6.61 Å². The van der Waals surface area contributed by atoms with Crippen molar-refractivity contribution in [1.82, 2.24) is 0 Å². The highest BCUT2D eigenvalue weighted by Gasteiger charge is 2.11. The monoisotopic (exact) mass is 282 g/mol. The van der Waals surface area contributed by atoms with Crippen LogP contribution in [0, 0.1) is 0 Å². The third kappa shape index (κ3) is 4.45. The van der Waals surface area contributed by atoms with Crippen molar-refractivity contribution in [3.63, 3.8) is 0 Å². The molecule has 1 unspecified atom stereocenters. The zero-order chi connectivity index (χ0) is 15.1. The molecule has 0 saturated heterocycles. The van der Waals surface area contributed by atoms with Crippen LogP contribution in [0.15, 0.2) is 54.6 Å². The predicted octanol–water partition coefficient (Wildman–Crippen LogP) is 4.39. The largest absolute Gasteiger partial charge is 0.486 e. The number of hydrogen-bond donors (Lipinski definition) is 0. The lowest BCUT2D eigenvalue weighted by Crippen LogP contribution is -2.14. The van der Waals surface area contributed by atoms with Crippen LogP contribution in [0.2, 0.25) is 0 Å². The average molecular weight is 282 g/mol. The zero-order valence-electron chi connectivity index (χ0n) is 12.7. The Labute approximate surface area is 126 Å². The van der Waals surface area contributed by atoms with Crippen molar-refractivity contribution >= 4 is 5.78 Å². The van der Waals surface area contributed by atoms with Gasteiger partial charge in [0.2, 0.25) is 0 Å². The fourth-order valence-corrected chi connectivity index (χ4v) is 2.27. The highest BCUT2D eigenvalue weighted by molar-refractivity contribution is 5.82. The Morgan fingerprint density at radius 3 is 2.43 bits per heavy atom. The molecule has 0 aliphatic heterocycles. The van der Waals surface area contributed by atoms with Crippen molar-refractivity contribution < 1.29 is 9.53 Å². The van der Waals surface area contributed by atoms with Gasteiger partial charge in [0.25, 0.3) is 0 Å². The van der Waals surface area contributed by atoms with Crippen molar-refractivity contribution in [2.24, 2.45) is 0 Å². The fourth-order valence-electron chi connectivity index (χ4n) is 2.27. The molecular formula is C19H22O2. The van der Waals surface area contributed by atoms with Gasteiger partial charge in [-0.2, -0.15) is 0 Å². The molecule has 2 aromatic rings. The van der Waals surface area contributed by atoms with E-state index < -0.39 is 0 Å². The topological polar surface area (TPSA) is 26.3 Å². The second-order valence-electron chi connectivity index (χ2n) is 5.34. The first kappa shape index (κ1) is 15.3. The maximum atomic E-state index is 12.0. The van der Waals surface area contributed by atoms with E-state index in [2.05, 4.69) is 19.9 Å². The number of ether oxygens (including phenoxy) is 1. The lowest BCUT2D eigenvalue weighted by Gasteiger charge is -2.15. The van der Waals surface area contributed by atoms with Crippen molar-refractivity contribution in [3.05, 3.63) is 65.7 Å². The molecule has 0 amide bonds. The van der Waals surface area contributed by atoms with Gasteiger partial charge in [-0.1, -0.05) is 62.4 Å². The molecule has 0 radical (unpaired) electrons. The fraction of sp³-hybridized carbons (Fsp3) is 0.316. The maximum Gasteiger partial charge on any atom is 0.174 e. The van der Waals surface area contributed by atoms with Gasteiger partial charge in [-0.25, -0.2) is 0 Å². The summed E-state index contributed by atoms with van der Waals surface area (Å²) < 4.78 is 5.74. The quantitative estimate of drug-likeness (QED) is 0.752. The zero-order valence-corrected chi connectivity index (χ0v) is 12.7. The number of para-hydroxylation sites is 1. The first-order valence-corrected chi connectivity index (χ1v) is 7.48. The Hall–Kier alpha value is -2.09. The summed E-state index contributed by atoms with van der Waals surface area (Å²) in [7, 11) is 0. The average Bonchev–Trinajstić information content (AvgIpc) is 2.53. The molecule has 0 heterocycles. The second-order valence-corrected chi connectivity index (χ2v) is 5.34. The van der Waals surface area contributed by atoms with E-state index in [1.54, 1.807) is 0 Å². The van der Waals surface area contributed by atoms with Crippen LogP contribution < -0.4 is 4.74 Å². The first-order valence-electron chi connectivity index (χ1n) is 7.48. The van der Waals surface area contributed by atoms with Gasteiger partial charge in [-0.05, 0) is 29.5 Å². The Balaban J connectivity index is 1.95. The number of carbonyl (C=O) groups is 1. The van der Waals surface area contributed by atoms with Gasteiger partial charge < -0.3 is 4.74 Å². The Morgan fingerprint density at radius 1 is 1.05 bits per heavy atom. The molecule has 1 atom stereocenters. The van der Waals surface area contributed by atoms with Crippen LogP contribution in [0.5, 0.6) is 5.75 Å². The second kappa shape index (κ2) is 7.63. The summed E-state index contributed by atoms with van der Waals surface area (Å²) in [5.41, 5.74) is 2.20. The standard InChI is InChI=1S/C19H22O2/c1-3-15(2)18-11-7-8-12-19(18)21-14-17(20)13-16-9-5-4-6-10-16/h4-12,15H,3,13-14H2,1-2H3. The number of Topliss-reactive ketones (excluding diaryl/α,β-unsaturated/α-hetero) is 1. The third-order valence-electron chi connectivity index (χ3n) is 3.70. The highest BCUT2D eigenvalue weighted by Crippen LogP contribution is 2.28. The van der Waals surface area contributed by atoms with E-state index >= 15 is 0 Å². The van der Waals surface area contributed by atoms with E-state index in [-0.39, 0.29) is 12.4 Å². The molecule has 0 saturated carbocycles. The van der Waals surface area contributed by atoms with Gasteiger partial charge in [0.05, 0.1) is 0 Å². The summed E-state index contributed by atoms with van der Waals surface area (Å²) in [6, 6.07) is 17.7. The van der Waals surface area contributed by atoms with Crippen LogP contribution in [0.4, 0.5) is 0 Å². The number of rotatable bonds is 7. The number of benzene rings is 2. The summed E-state index contributed by atoms with van der Waals surface area (Å²) in [5, 5.41) is 0. The Bertz CT molecular complexity index is 575. The van der Waals surface area contributed by atoms with Crippen LogP contribution in [0.3, 0.4) is 0 Å². The van der Waals surface area contributed by atoms with Crippen molar-refractivity contribution in [2.45, 2.75) is 32.6 Å². The molecule has 0 N–H and O–H groups in total. The lowest BCUT2D eigenvalue weighted by molar-refractivity contribution is -0.120. The molecular weight excluding hydrogens is 260 g/mol. The molecule has 2 rings (SSSR count). The minimum absolute atomic E-state index is 0.0974. The summed E-state index contributed by atoms with van der Waals surface area (Å²) in [4.78, 5) is 12.0. The molecule has 2 nitrogen and oxygen atoms in total. The third-order valence-corrected chi connectivity index (χ3v) is 3.70. The molecule has 110 valence electrons. The lowest BCUT2D eigenvalue weighted by atomic mass is 9.98. The van der Waals surface area contributed by atoms with E-state index in [9.17, 15) is 4.79 Å². The summed E-state index contributed by atoms with van der Waals surface area (Å²) in [6.07, 6.45) is 1.48. The minimum Gasteiger partial charge on any atom is -0.486 e. The SMILES string of the molecule is CCC(C)c1ccccc1OCC(=O)Cc1ccccc1. The Kier molecular flexibility index (Phi) is 5.56. The molecule has 0 aliphatic carbocycles. The molecule has 0 aromatic heterocycles. The van der Waals surface area contributed by atoms with Crippen LogP contribution in [0.25, 0.3) is 0 Å². The van der Waals surface area contributed by atoms with Crippen LogP contribution in [-0.2, 0) is 11.2 Å². The summed E-state index contributed by atoms with van der Waals surface area (Å²) in [6.45, 7) is 4.46. The highest BCUT2D eigenvalue weighted by atomic mass is 16.5. The van der Waals surface area contributed by atoms with E-state index in [1.807, 2.05) is 48.5 Å². The molecule has 21 heavy (non-hydrogen) atoms. The van der Waals surface area contributed by atoms with Crippen molar-refractivity contribution in [3.8, 4) is 5.75 Å². The summed E-state index contributed by atoms with van der Waals surface area (Å²) >= 11 is 0. The van der Waals surface area contributed by atoms with E-state index in [0.29, 0.717) is 12.3 Å². The smallest absolute Gasteiger partial charge is 0.174 e. The van der Waals surface area contributed by atoms with Crippen LogP contribution in [0.1, 0.15) is 37.3 Å². The minimum atomic E-state index is 0.0974. The molecule has 0 spiro atoms. The van der Waals surface area contributed by atoms with Gasteiger partial charge in [-0.15, -0.1) is 0 Å². The summed E-state index contributed by atoms with van der Waals surface area (Å²) in [5.74, 6) is 1.36. The van der Waals surface area contributed by atoms with Gasteiger partial charge in [0.1, 0.15) is 12.4 Å². The number of carbonyl (C=O) groups excluding carboxylic acids is 1. The maximum absolute atomic E-state index is 12.0. The molecule has 2 aromatic carbocycles. The normalized spacial score (nSPS) is 11.9. The van der Waals surface area contributed by atoms with Gasteiger partial charge in [-0.3, -0.25) is 4.79 Å². The van der Waals surface area contributed by atoms with E-state index in [0.717, 1.165) is 17.7 Å². The molecule has 0 aliphatic rings. The molecule has 0 fully saturated rings. The van der Waals surface area contributed by atoms with Crippen LogP contribution in [-0.4, -0.2) is 12.4 Å². The van der Waals surface area contributed by atoms with Gasteiger partial charge in [0.15, 0.2) is 5.78 Å². The predicted molar refractivity (Wildman–Crippen MR) is 85.8 cm³/mol. The number of ketones is 1. The van der Waals surface area contributed by atoms with Gasteiger partial charge in [0, 0.05) is 6.42 Å².